The van der Waals surface area contributed by atoms with Crippen LogP contribution in [0.5, 0.6) is 0 Å². The van der Waals surface area contributed by atoms with Crippen LogP contribution in [0.15, 0.2) is 36.5 Å². The molecule has 1 aliphatic rings. The highest BCUT2D eigenvalue weighted by molar-refractivity contribution is 6.05. The number of rotatable bonds is 3. The number of aliphatic hydroxyl groups excluding tert-OH is 1. The van der Waals surface area contributed by atoms with Gasteiger partial charge in [-0.05, 0) is 12.1 Å². The molecule has 6 nitrogen and oxygen atoms in total. The van der Waals surface area contributed by atoms with Crippen molar-refractivity contribution in [2.45, 2.75) is 12.5 Å². The number of aliphatic hydroxyl groups is 1. The van der Waals surface area contributed by atoms with Crippen molar-refractivity contribution in [2.75, 3.05) is 20.1 Å². The van der Waals surface area contributed by atoms with E-state index in [0.717, 1.165) is 5.39 Å². The summed E-state index contributed by atoms with van der Waals surface area (Å²) in [4.78, 5) is 30.2. The number of benzene rings is 1. The second-order valence-electron chi connectivity index (χ2n) is 5.80. The average molecular weight is 313 g/mol. The van der Waals surface area contributed by atoms with Gasteiger partial charge in [-0.1, -0.05) is 18.2 Å². The molecular formula is C17H19N3O3. The third-order valence-electron chi connectivity index (χ3n) is 4.28. The van der Waals surface area contributed by atoms with E-state index in [2.05, 4.69) is 10.3 Å². The number of carbonyl (C=O) groups excluding carboxylic acids is 2. The molecule has 1 aliphatic heterocycles. The number of nitrogens with zero attached hydrogens (tertiary/aromatic N) is 2. The first-order valence-electron chi connectivity index (χ1n) is 7.62. The number of aromatic nitrogens is 1. The van der Waals surface area contributed by atoms with Crippen LogP contribution in [-0.2, 0) is 4.79 Å². The van der Waals surface area contributed by atoms with Crippen LogP contribution in [0.3, 0.4) is 0 Å². The maximum Gasteiger partial charge on any atom is 0.256 e. The molecule has 0 saturated carbocycles. The fourth-order valence-corrected chi connectivity index (χ4v) is 3.01. The first-order valence-corrected chi connectivity index (χ1v) is 7.62. The zero-order valence-electron chi connectivity index (χ0n) is 12.9. The van der Waals surface area contributed by atoms with Crippen LogP contribution in [0.1, 0.15) is 16.8 Å². The second kappa shape index (κ2) is 6.34. The molecule has 2 amide bonds. The van der Waals surface area contributed by atoms with Crippen LogP contribution >= 0.6 is 0 Å². The van der Waals surface area contributed by atoms with Crippen molar-refractivity contribution < 1.29 is 14.7 Å². The van der Waals surface area contributed by atoms with E-state index in [0.29, 0.717) is 17.6 Å². The molecule has 2 N–H and O–H groups in total. The van der Waals surface area contributed by atoms with Gasteiger partial charge in [-0.3, -0.25) is 14.6 Å². The van der Waals surface area contributed by atoms with Crippen molar-refractivity contribution >= 4 is 22.7 Å². The Kier molecular flexibility index (Phi) is 4.25. The number of carbonyl (C=O) groups is 2. The molecule has 1 aromatic carbocycles. The minimum Gasteiger partial charge on any atom is -0.391 e. The molecule has 0 radical (unpaired) electrons. The Labute approximate surface area is 134 Å². The summed E-state index contributed by atoms with van der Waals surface area (Å²) in [6.45, 7) is 0.611. The Balaban J connectivity index is 1.82. The van der Waals surface area contributed by atoms with Gasteiger partial charge in [0, 0.05) is 44.1 Å². The molecule has 2 aromatic rings. The molecule has 2 heterocycles. The minimum absolute atomic E-state index is 0.129. The normalized spacial score (nSPS) is 20.7. The van der Waals surface area contributed by atoms with Gasteiger partial charge in [-0.25, -0.2) is 0 Å². The molecule has 0 bridgehead atoms. The van der Waals surface area contributed by atoms with Gasteiger partial charge in [0.1, 0.15) is 0 Å². The first-order chi connectivity index (χ1) is 11.1. The Morgan fingerprint density at radius 1 is 1.30 bits per heavy atom. The first kappa shape index (κ1) is 15.4. The summed E-state index contributed by atoms with van der Waals surface area (Å²) in [6.07, 6.45) is 1.20. The van der Waals surface area contributed by atoms with Crippen LogP contribution in [0, 0.1) is 5.92 Å². The average Bonchev–Trinajstić information content (AvgIpc) is 2.94. The molecule has 3 rings (SSSR count). The predicted octanol–water partition coefficient (Wildman–Crippen LogP) is 0.804. The number of hydrogen-bond acceptors (Lipinski definition) is 4. The number of hydrogen-bond donors (Lipinski definition) is 2. The second-order valence-corrected chi connectivity index (χ2v) is 5.80. The van der Waals surface area contributed by atoms with Crippen molar-refractivity contribution in [1.29, 1.82) is 0 Å². The maximum absolute atomic E-state index is 12.8. The summed E-state index contributed by atoms with van der Waals surface area (Å²) < 4.78 is 0. The highest BCUT2D eigenvalue weighted by atomic mass is 16.3. The van der Waals surface area contributed by atoms with Crippen molar-refractivity contribution in [3.8, 4) is 0 Å². The SMILES string of the molecule is CNC(=O)C[C@H]1CN(C(=O)c2cccc3cccnc23)C[C@@H]1O. The largest absolute Gasteiger partial charge is 0.391 e. The lowest BCUT2D eigenvalue weighted by Gasteiger charge is -2.17. The van der Waals surface area contributed by atoms with Gasteiger partial charge in [0.2, 0.25) is 5.91 Å². The summed E-state index contributed by atoms with van der Waals surface area (Å²) in [5.74, 6) is -0.523. The monoisotopic (exact) mass is 313 g/mol. The number of fused-ring (bicyclic) bond motifs is 1. The van der Waals surface area contributed by atoms with E-state index in [1.807, 2.05) is 24.3 Å². The number of amides is 2. The molecule has 0 aliphatic carbocycles. The van der Waals surface area contributed by atoms with Crippen molar-refractivity contribution in [3.05, 3.63) is 42.1 Å². The molecular weight excluding hydrogens is 294 g/mol. The van der Waals surface area contributed by atoms with Crippen LogP contribution in [-0.4, -0.2) is 53.0 Å². The zero-order valence-corrected chi connectivity index (χ0v) is 12.9. The number of nitrogens with one attached hydrogen (secondary N) is 1. The minimum atomic E-state index is -0.681. The zero-order chi connectivity index (χ0) is 16.4. The van der Waals surface area contributed by atoms with Gasteiger partial charge in [0.15, 0.2) is 0 Å². The standard InChI is InChI=1S/C17H19N3O3/c1-18-15(22)8-12-9-20(10-14(12)21)17(23)13-6-2-4-11-5-3-7-19-16(11)13/h2-7,12,14,21H,8-10H2,1H3,(H,18,22)/t12-,14-/m0/s1. The maximum atomic E-state index is 12.8. The van der Waals surface area contributed by atoms with Crippen LogP contribution in [0.4, 0.5) is 0 Å². The molecule has 0 unspecified atom stereocenters. The van der Waals surface area contributed by atoms with Crippen molar-refractivity contribution in [3.63, 3.8) is 0 Å². The van der Waals surface area contributed by atoms with Gasteiger partial charge in [0.25, 0.3) is 5.91 Å². The number of pyridine rings is 1. The lowest BCUT2D eigenvalue weighted by molar-refractivity contribution is -0.122. The lowest BCUT2D eigenvalue weighted by Crippen LogP contribution is -2.30. The summed E-state index contributed by atoms with van der Waals surface area (Å²) in [6, 6.07) is 9.22. The fourth-order valence-electron chi connectivity index (χ4n) is 3.01. The third kappa shape index (κ3) is 3.03. The van der Waals surface area contributed by atoms with Gasteiger partial charge >= 0.3 is 0 Å². The summed E-state index contributed by atoms with van der Waals surface area (Å²) >= 11 is 0. The summed E-state index contributed by atoms with van der Waals surface area (Å²) in [5, 5.41) is 13.6. The number of para-hydroxylation sites is 1. The van der Waals surface area contributed by atoms with E-state index >= 15 is 0 Å². The van der Waals surface area contributed by atoms with Crippen LogP contribution in [0.2, 0.25) is 0 Å². The van der Waals surface area contributed by atoms with Gasteiger partial charge in [-0.2, -0.15) is 0 Å². The van der Waals surface area contributed by atoms with E-state index < -0.39 is 6.10 Å². The fraction of sp³-hybridized carbons (Fsp3) is 0.353. The predicted molar refractivity (Wildman–Crippen MR) is 85.8 cm³/mol. The van der Waals surface area contributed by atoms with Crippen molar-refractivity contribution in [2.24, 2.45) is 5.92 Å². The lowest BCUT2D eigenvalue weighted by atomic mass is 10.0. The third-order valence-corrected chi connectivity index (χ3v) is 4.28. The summed E-state index contributed by atoms with van der Waals surface area (Å²) in [5.41, 5.74) is 1.18. The highest BCUT2D eigenvalue weighted by Crippen LogP contribution is 2.24. The smallest absolute Gasteiger partial charge is 0.256 e. The van der Waals surface area contributed by atoms with E-state index in [-0.39, 0.29) is 30.7 Å². The molecule has 23 heavy (non-hydrogen) atoms. The topological polar surface area (TPSA) is 82.5 Å². The Morgan fingerprint density at radius 3 is 2.87 bits per heavy atom. The van der Waals surface area contributed by atoms with E-state index in [4.69, 9.17) is 0 Å². The van der Waals surface area contributed by atoms with E-state index in [1.165, 1.54) is 0 Å². The van der Waals surface area contributed by atoms with Gasteiger partial charge in [0.05, 0.1) is 17.2 Å². The molecule has 2 atom stereocenters. The van der Waals surface area contributed by atoms with Gasteiger partial charge < -0.3 is 15.3 Å². The van der Waals surface area contributed by atoms with E-state index in [1.54, 1.807) is 24.2 Å². The van der Waals surface area contributed by atoms with Crippen LogP contribution < -0.4 is 5.32 Å². The Morgan fingerprint density at radius 2 is 2.09 bits per heavy atom. The highest BCUT2D eigenvalue weighted by Gasteiger charge is 2.35. The molecule has 1 aromatic heterocycles. The quantitative estimate of drug-likeness (QED) is 0.878. The summed E-state index contributed by atoms with van der Waals surface area (Å²) in [7, 11) is 1.56. The Bertz CT molecular complexity index is 741. The van der Waals surface area contributed by atoms with Gasteiger partial charge in [-0.15, -0.1) is 0 Å². The molecule has 0 spiro atoms. The molecule has 1 fully saturated rings. The van der Waals surface area contributed by atoms with E-state index in [9.17, 15) is 14.7 Å². The molecule has 6 heteroatoms. The molecule has 120 valence electrons. The van der Waals surface area contributed by atoms with Crippen molar-refractivity contribution in [1.82, 2.24) is 15.2 Å². The molecule has 1 saturated heterocycles. The Hall–Kier alpha value is -2.47. The number of likely N-dealkylation sites (tertiary alicyclic amines) is 1. The van der Waals surface area contributed by atoms with Crippen LogP contribution in [0.25, 0.3) is 10.9 Å². The number of β-amino-alcohol motifs (C(OH)–C–C–N with tert-alkyl or cyclic N) is 1.